The third-order valence-electron chi connectivity index (χ3n) is 3.95. The number of urea groups is 1. The minimum atomic E-state index is -1.04. The lowest BCUT2D eigenvalue weighted by Crippen LogP contribution is -2.61. The summed E-state index contributed by atoms with van der Waals surface area (Å²) in [5.41, 5.74) is -1.04. The molecule has 0 aliphatic heterocycles. The molecule has 0 spiro atoms. The van der Waals surface area contributed by atoms with Gasteiger partial charge in [0.25, 0.3) is 0 Å². The Kier molecular flexibility index (Phi) is 5.80. The molecule has 116 valence electrons. The first kappa shape index (κ1) is 16.8. The molecule has 6 nitrogen and oxygen atoms in total. The molecule has 0 aromatic rings. The number of hydrogen-bond donors (Lipinski definition) is 3. The van der Waals surface area contributed by atoms with Gasteiger partial charge in [-0.25, -0.2) is 9.59 Å². The largest absolute Gasteiger partial charge is 0.480 e. The standard InChI is InChI=1S/C14H27N3O3/c1-10(2)17(11(3)4)9-8-15-13(20)16-14(12(18)19)6-5-7-14/h10-11H,5-9H2,1-4H3,(H,18,19)(H2,15,16,20). The number of hydrogen-bond acceptors (Lipinski definition) is 3. The normalized spacial score (nSPS) is 17.1. The molecule has 0 heterocycles. The lowest BCUT2D eigenvalue weighted by molar-refractivity contribution is -0.148. The highest BCUT2D eigenvalue weighted by Gasteiger charge is 2.45. The average molecular weight is 285 g/mol. The SMILES string of the molecule is CC(C)N(CCNC(=O)NC1(C(=O)O)CCC1)C(C)C. The van der Waals surface area contributed by atoms with Gasteiger partial charge in [-0.1, -0.05) is 0 Å². The average Bonchev–Trinajstić information content (AvgIpc) is 2.27. The third kappa shape index (κ3) is 4.10. The summed E-state index contributed by atoms with van der Waals surface area (Å²) in [6, 6.07) is 0.438. The van der Waals surface area contributed by atoms with E-state index >= 15 is 0 Å². The molecule has 1 fully saturated rings. The van der Waals surface area contributed by atoms with E-state index in [0.717, 1.165) is 13.0 Å². The number of amides is 2. The number of carboxylic acids is 1. The van der Waals surface area contributed by atoms with E-state index in [1.807, 2.05) is 0 Å². The number of nitrogens with zero attached hydrogens (tertiary/aromatic N) is 1. The molecule has 1 aliphatic rings. The van der Waals surface area contributed by atoms with E-state index in [1.54, 1.807) is 0 Å². The van der Waals surface area contributed by atoms with Gasteiger partial charge >= 0.3 is 12.0 Å². The molecule has 0 radical (unpaired) electrons. The van der Waals surface area contributed by atoms with E-state index in [1.165, 1.54) is 0 Å². The van der Waals surface area contributed by atoms with Crippen LogP contribution < -0.4 is 10.6 Å². The molecule has 1 rings (SSSR count). The van der Waals surface area contributed by atoms with Crippen LogP contribution in [0.15, 0.2) is 0 Å². The maximum atomic E-state index is 11.8. The van der Waals surface area contributed by atoms with Gasteiger partial charge in [0.05, 0.1) is 0 Å². The van der Waals surface area contributed by atoms with Crippen LogP contribution in [0.4, 0.5) is 4.79 Å². The van der Waals surface area contributed by atoms with Crippen LogP contribution in [-0.2, 0) is 4.79 Å². The maximum Gasteiger partial charge on any atom is 0.329 e. The number of aliphatic carboxylic acids is 1. The lowest BCUT2D eigenvalue weighted by Gasteiger charge is -2.38. The maximum absolute atomic E-state index is 11.8. The van der Waals surface area contributed by atoms with Crippen LogP contribution in [0, 0.1) is 0 Å². The van der Waals surface area contributed by atoms with E-state index in [0.29, 0.717) is 31.5 Å². The molecule has 0 bridgehead atoms. The van der Waals surface area contributed by atoms with Crippen molar-refractivity contribution in [3.05, 3.63) is 0 Å². The Morgan fingerprint density at radius 2 is 1.75 bits per heavy atom. The third-order valence-corrected chi connectivity index (χ3v) is 3.95. The Bertz CT molecular complexity index is 344. The van der Waals surface area contributed by atoms with Gasteiger partial charge in [-0.05, 0) is 47.0 Å². The number of carbonyl (C=O) groups is 2. The second-order valence-corrected chi connectivity index (χ2v) is 6.05. The van der Waals surface area contributed by atoms with Crippen molar-refractivity contribution in [3.8, 4) is 0 Å². The monoisotopic (exact) mass is 285 g/mol. The second-order valence-electron chi connectivity index (χ2n) is 6.05. The van der Waals surface area contributed by atoms with Crippen LogP contribution >= 0.6 is 0 Å². The highest BCUT2D eigenvalue weighted by atomic mass is 16.4. The minimum Gasteiger partial charge on any atom is -0.480 e. The summed E-state index contributed by atoms with van der Waals surface area (Å²) in [7, 11) is 0. The van der Waals surface area contributed by atoms with Gasteiger partial charge in [-0.2, -0.15) is 0 Å². The summed E-state index contributed by atoms with van der Waals surface area (Å²) in [6.07, 6.45) is 1.88. The molecule has 0 saturated heterocycles. The molecule has 0 aromatic carbocycles. The summed E-state index contributed by atoms with van der Waals surface area (Å²) < 4.78 is 0. The summed E-state index contributed by atoms with van der Waals surface area (Å²) in [4.78, 5) is 25.2. The first-order valence-corrected chi connectivity index (χ1v) is 7.33. The molecule has 6 heteroatoms. The fourth-order valence-electron chi connectivity index (χ4n) is 2.60. The predicted molar refractivity (Wildman–Crippen MR) is 77.7 cm³/mol. The molecule has 0 aromatic heterocycles. The minimum absolute atomic E-state index is 0.389. The zero-order valence-corrected chi connectivity index (χ0v) is 12.9. The first-order chi connectivity index (χ1) is 9.28. The van der Waals surface area contributed by atoms with Crippen molar-refractivity contribution in [3.63, 3.8) is 0 Å². The molecule has 20 heavy (non-hydrogen) atoms. The van der Waals surface area contributed by atoms with Crippen LogP contribution in [0.2, 0.25) is 0 Å². The fourth-order valence-corrected chi connectivity index (χ4v) is 2.60. The van der Waals surface area contributed by atoms with Crippen molar-refractivity contribution in [1.29, 1.82) is 0 Å². The highest BCUT2D eigenvalue weighted by molar-refractivity contribution is 5.87. The van der Waals surface area contributed by atoms with Gasteiger partial charge in [0, 0.05) is 25.2 Å². The highest BCUT2D eigenvalue weighted by Crippen LogP contribution is 2.31. The molecular formula is C14H27N3O3. The lowest BCUT2D eigenvalue weighted by atomic mass is 9.77. The molecule has 0 atom stereocenters. The topological polar surface area (TPSA) is 81.7 Å². The van der Waals surface area contributed by atoms with E-state index in [9.17, 15) is 9.59 Å². The molecule has 2 amide bonds. The Balaban J connectivity index is 2.35. The number of carboxylic acid groups (broad SMARTS) is 1. The number of carbonyl (C=O) groups excluding carboxylic acids is 1. The van der Waals surface area contributed by atoms with Crippen molar-refractivity contribution < 1.29 is 14.7 Å². The second kappa shape index (κ2) is 6.92. The van der Waals surface area contributed by atoms with Crippen molar-refractivity contribution in [2.45, 2.75) is 64.6 Å². The van der Waals surface area contributed by atoms with Gasteiger partial charge in [0.1, 0.15) is 5.54 Å². The summed E-state index contributed by atoms with van der Waals surface area (Å²) in [6.45, 7) is 9.74. The van der Waals surface area contributed by atoms with Gasteiger partial charge in [-0.15, -0.1) is 0 Å². The zero-order valence-electron chi connectivity index (χ0n) is 12.9. The molecule has 1 saturated carbocycles. The van der Waals surface area contributed by atoms with E-state index in [4.69, 9.17) is 5.11 Å². The van der Waals surface area contributed by atoms with Crippen molar-refractivity contribution in [2.24, 2.45) is 0 Å². The van der Waals surface area contributed by atoms with Crippen LogP contribution in [-0.4, -0.2) is 52.7 Å². The molecular weight excluding hydrogens is 258 g/mol. The zero-order chi connectivity index (χ0) is 15.3. The Labute approximate surface area is 120 Å². The Morgan fingerprint density at radius 1 is 1.20 bits per heavy atom. The Morgan fingerprint density at radius 3 is 2.10 bits per heavy atom. The Hall–Kier alpha value is -1.30. The van der Waals surface area contributed by atoms with Gasteiger partial charge in [0.2, 0.25) is 0 Å². The number of nitrogens with one attached hydrogen (secondary N) is 2. The quantitative estimate of drug-likeness (QED) is 0.660. The van der Waals surface area contributed by atoms with E-state index in [2.05, 4.69) is 43.2 Å². The molecule has 3 N–H and O–H groups in total. The smallest absolute Gasteiger partial charge is 0.329 e. The predicted octanol–water partition coefficient (Wildman–Crippen LogP) is 1.41. The summed E-state index contributed by atoms with van der Waals surface area (Å²) in [5, 5.41) is 14.5. The molecule has 0 unspecified atom stereocenters. The van der Waals surface area contributed by atoms with Crippen LogP contribution in [0.1, 0.15) is 47.0 Å². The van der Waals surface area contributed by atoms with Gasteiger partial charge in [0.15, 0.2) is 0 Å². The van der Waals surface area contributed by atoms with E-state index < -0.39 is 11.5 Å². The summed E-state index contributed by atoms with van der Waals surface area (Å²) >= 11 is 0. The molecule has 1 aliphatic carbocycles. The fraction of sp³-hybridized carbons (Fsp3) is 0.857. The van der Waals surface area contributed by atoms with Gasteiger partial charge in [-0.3, -0.25) is 4.90 Å². The van der Waals surface area contributed by atoms with Crippen molar-refractivity contribution >= 4 is 12.0 Å². The van der Waals surface area contributed by atoms with Crippen LogP contribution in [0.3, 0.4) is 0 Å². The number of rotatable bonds is 7. The van der Waals surface area contributed by atoms with Crippen molar-refractivity contribution in [2.75, 3.05) is 13.1 Å². The van der Waals surface area contributed by atoms with Crippen LogP contribution in [0.5, 0.6) is 0 Å². The first-order valence-electron chi connectivity index (χ1n) is 7.33. The van der Waals surface area contributed by atoms with E-state index in [-0.39, 0.29) is 6.03 Å². The summed E-state index contributed by atoms with van der Waals surface area (Å²) in [5.74, 6) is -0.940. The van der Waals surface area contributed by atoms with Gasteiger partial charge < -0.3 is 15.7 Å². The van der Waals surface area contributed by atoms with Crippen LogP contribution in [0.25, 0.3) is 0 Å². The van der Waals surface area contributed by atoms with Crippen molar-refractivity contribution in [1.82, 2.24) is 15.5 Å².